The molecule has 0 spiro atoms. The Balaban J connectivity index is 2.98. The lowest BCUT2D eigenvalue weighted by Gasteiger charge is -2.25. The molecule has 0 radical (unpaired) electrons. The van der Waals surface area contributed by atoms with Crippen molar-refractivity contribution in [2.24, 2.45) is 5.41 Å². The van der Waals surface area contributed by atoms with Crippen molar-refractivity contribution in [3.63, 3.8) is 0 Å². The van der Waals surface area contributed by atoms with Gasteiger partial charge in [0.15, 0.2) is 0 Å². The number of ketones is 1. The smallest absolute Gasteiger partial charge is 0.322 e. The van der Waals surface area contributed by atoms with Gasteiger partial charge in [0, 0.05) is 0 Å². The monoisotopic (exact) mass is 354 g/mol. The Morgan fingerprint density at radius 1 is 1.25 bits per heavy atom. The van der Waals surface area contributed by atoms with Gasteiger partial charge in [-0.05, 0) is 45.4 Å². The molecule has 0 saturated carbocycles. The molecule has 1 aromatic carbocycles. The number of Topliss-reactive ketones (excluding diaryl/α,β-unsaturated/α-hetero) is 1. The summed E-state index contributed by atoms with van der Waals surface area (Å²) < 4.78 is 34.4. The zero-order valence-corrected chi connectivity index (χ0v) is 15.1. The molecule has 0 aromatic heterocycles. The molecule has 0 amide bonds. The van der Waals surface area contributed by atoms with Crippen LogP contribution in [0.3, 0.4) is 0 Å². The highest BCUT2D eigenvalue weighted by molar-refractivity contribution is 7.86. The molecule has 0 saturated heterocycles. The third-order valence-electron chi connectivity index (χ3n) is 3.48. The molecule has 1 rings (SSSR count). The van der Waals surface area contributed by atoms with Crippen LogP contribution in [0.15, 0.2) is 35.7 Å². The summed E-state index contributed by atoms with van der Waals surface area (Å²) in [6, 6.07) is 5.87. The molecule has 1 unspecified atom stereocenters. The summed E-state index contributed by atoms with van der Waals surface area (Å²) >= 11 is 0. The van der Waals surface area contributed by atoms with Gasteiger partial charge in [-0.25, -0.2) is 0 Å². The quantitative estimate of drug-likeness (QED) is 0.405. The van der Waals surface area contributed by atoms with Crippen LogP contribution in [-0.2, 0) is 28.6 Å². The van der Waals surface area contributed by atoms with Crippen LogP contribution in [0.1, 0.15) is 33.3 Å². The maximum atomic E-state index is 12.2. The Hall–Kier alpha value is -1.99. The first-order valence-corrected chi connectivity index (χ1v) is 8.78. The maximum Gasteiger partial charge on any atom is 0.322 e. The van der Waals surface area contributed by atoms with Crippen LogP contribution in [0.2, 0.25) is 0 Å². The Bertz CT molecular complexity index is 718. The fourth-order valence-corrected chi connectivity index (χ4v) is 2.68. The Morgan fingerprint density at radius 3 is 2.21 bits per heavy atom. The summed E-state index contributed by atoms with van der Waals surface area (Å²) in [6.45, 7) is 8.72. The van der Waals surface area contributed by atoms with E-state index in [1.54, 1.807) is 32.1 Å². The van der Waals surface area contributed by atoms with Gasteiger partial charge < -0.3 is 4.74 Å². The van der Waals surface area contributed by atoms with Crippen LogP contribution in [0, 0.1) is 5.41 Å². The molecule has 1 aromatic rings. The van der Waals surface area contributed by atoms with Gasteiger partial charge in [0.2, 0.25) is 0 Å². The number of rotatable bonds is 8. The third kappa shape index (κ3) is 4.75. The van der Waals surface area contributed by atoms with Gasteiger partial charge in [-0.2, -0.15) is 8.42 Å². The molecular weight excluding hydrogens is 332 g/mol. The van der Waals surface area contributed by atoms with Gasteiger partial charge in [-0.3, -0.25) is 13.8 Å². The van der Waals surface area contributed by atoms with Crippen molar-refractivity contribution in [1.82, 2.24) is 0 Å². The zero-order chi connectivity index (χ0) is 18.5. The number of carbonyl (C=O) groups is 2. The van der Waals surface area contributed by atoms with Gasteiger partial charge in [0.05, 0.1) is 17.6 Å². The Kier molecular flexibility index (Phi) is 6.45. The largest absolute Gasteiger partial charge is 0.462 e. The molecule has 24 heavy (non-hydrogen) atoms. The van der Waals surface area contributed by atoms with Crippen LogP contribution in [0.5, 0.6) is 0 Å². The van der Waals surface area contributed by atoms with Crippen LogP contribution in [-0.4, -0.2) is 32.9 Å². The number of hydrogen-bond donors (Lipinski definition) is 0. The number of ether oxygens (including phenoxy) is 1. The fourth-order valence-electron chi connectivity index (χ4n) is 1.68. The number of benzene rings is 1. The van der Waals surface area contributed by atoms with Gasteiger partial charge in [-0.15, -0.1) is 0 Å². The highest BCUT2D eigenvalue weighted by atomic mass is 32.2. The minimum atomic E-state index is -4.11. The van der Waals surface area contributed by atoms with Crippen LogP contribution < -0.4 is 0 Å². The highest BCUT2D eigenvalue weighted by Gasteiger charge is 2.42. The van der Waals surface area contributed by atoms with E-state index in [0.717, 1.165) is 5.56 Å². The summed E-state index contributed by atoms with van der Waals surface area (Å²) in [7, 11) is -4.11. The van der Waals surface area contributed by atoms with E-state index < -0.39 is 40.0 Å². The van der Waals surface area contributed by atoms with Gasteiger partial charge in [0.25, 0.3) is 10.1 Å². The van der Waals surface area contributed by atoms with E-state index in [-0.39, 0.29) is 4.90 Å². The normalized spacial score (nSPS) is 14.0. The molecule has 1 atom stereocenters. The molecule has 0 bridgehead atoms. The fraction of sp³-hybridized carbons (Fsp3) is 0.412. The predicted octanol–water partition coefficient (Wildman–Crippen LogP) is 2.58. The summed E-state index contributed by atoms with van der Waals surface area (Å²) in [6.07, 6.45) is 1.14. The van der Waals surface area contributed by atoms with Gasteiger partial charge in [0.1, 0.15) is 11.2 Å². The van der Waals surface area contributed by atoms with E-state index in [4.69, 9.17) is 8.92 Å². The summed E-state index contributed by atoms with van der Waals surface area (Å²) in [4.78, 5) is 23.9. The first-order valence-electron chi connectivity index (χ1n) is 7.37. The van der Waals surface area contributed by atoms with Gasteiger partial charge >= 0.3 is 5.97 Å². The average Bonchev–Trinajstić information content (AvgIpc) is 2.51. The lowest BCUT2D eigenvalue weighted by molar-refractivity contribution is -0.164. The van der Waals surface area contributed by atoms with Crippen molar-refractivity contribution in [3.05, 3.63) is 36.4 Å². The van der Waals surface area contributed by atoms with E-state index in [1.807, 2.05) is 0 Å². The molecule has 0 fully saturated rings. The summed E-state index contributed by atoms with van der Waals surface area (Å²) in [5.41, 5.74) is -0.943. The van der Waals surface area contributed by atoms with Crippen LogP contribution >= 0.6 is 0 Å². The second kappa shape index (κ2) is 7.72. The average molecular weight is 354 g/mol. The van der Waals surface area contributed by atoms with Crippen LogP contribution in [0.4, 0.5) is 0 Å². The van der Waals surface area contributed by atoms with Crippen molar-refractivity contribution in [1.29, 1.82) is 0 Å². The number of esters is 1. The minimum absolute atomic E-state index is 0.0729. The Labute approximate surface area is 142 Å². The SMILES string of the molecule is C=Cc1ccc(S(=O)(=O)OCC(C)(C(C)=O)C(=O)OC(C)C)cc1. The molecule has 0 aliphatic heterocycles. The molecule has 132 valence electrons. The first kappa shape index (κ1) is 20.1. The van der Waals surface area contributed by atoms with E-state index in [2.05, 4.69) is 6.58 Å². The molecule has 0 aliphatic carbocycles. The van der Waals surface area contributed by atoms with E-state index in [0.29, 0.717) is 0 Å². The summed E-state index contributed by atoms with van der Waals surface area (Å²) in [5.74, 6) is -1.35. The van der Waals surface area contributed by atoms with E-state index in [1.165, 1.54) is 26.0 Å². The van der Waals surface area contributed by atoms with Crippen molar-refractivity contribution < 1.29 is 26.9 Å². The second-order valence-electron chi connectivity index (χ2n) is 5.83. The minimum Gasteiger partial charge on any atom is -0.462 e. The molecule has 0 aliphatic rings. The highest BCUT2D eigenvalue weighted by Crippen LogP contribution is 2.24. The second-order valence-corrected chi connectivity index (χ2v) is 7.45. The van der Waals surface area contributed by atoms with Gasteiger partial charge in [-0.1, -0.05) is 24.8 Å². The summed E-state index contributed by atoms with van der Waals surface area (Å²) in [5, 5.41) is 0. The number of carbonyl (C=O) groups excluding carboxylic acids is 2. The van der Waals surface area contributed by atoms with Crippen molar-refractivity contribution in [2.45, 2.75) is 38.7 Å². The zero-order valence-electron chi connectivity index (χ0n) is 14.2. The first-order chi connectivity index (χ1) is 11.0. The van der Waals surface area contributed by atoms with E-state index in [9.17, 15) is 18.0 Å². The lowest BCUT2D eigenvalue weighted by atomic mass is 9.87. The standard InChI is InChI=1S/C17H22O6S/c1-6-14-7-9-15(10-8-14)24(20,21)22-11-17(5,13(4)18)16(19)23-12(2)3/h6-10,12H,1,11H2,2-5H3. The number of hydrogen-bond acceptors (Lipinski definition) is 6. The topological polar surface area (TPSA) is 86.7 Å². The molecule has 7 heteroatoms. The lowest BCUT2D eigenvalue weighted by Crippen LogP contribution is -2.42. The molecule has 0 N–H and O–H groups in total. The van der Waals surface area contributed by atoms with Crippen LogP contribution in [0.25, 0.3) is 6.08 Å². The molecule has 0 heterocycles. The van der Waals surface area contributed by atoms with Crippen molar-refractivity contribution in [2.75, 3.05) is 6.61 Å². The third-order valence-corrected chi connectivity index (χ3v) is 4.76. The van der Waals surface area contributed by atoms with Crippen molar-refractivity contribution >= 4 is 27.9 Å². The van der Waals surface area contributed by atoms with E-state index >= 15 is 0 Å². The maximum absolute atomic E-state index is 12.2. The molecule has 6 nitrogen and oxygen atoms in total. The van der Waals surface area contributed by atoms with Crippen molar-refractivity contribution in [3.8, 4) is 0 Å². The predicted molar refractivity (Wildman–Crippen MR) is 89.7 cm³/mol. The Morgan fingerprint density at radius 2 is 1.79 bits per heavy atom. The molecular formula is C17H22O6S.